The van der Waals surface area contributed by atoms with Crippen LogP contribution in [0.4, 0.5) is 14.6 Å². The second-order valence-corrected chi connectivity index (χ2v) is 7.20. The minimum absolute atomic E-state index is 0.0640. The van der Waals surface area contributed by atoms with Gasteiger partial charge < -0.3 is 5.32 Å². The van der Waals surface area contributed by atoms with Gasteiger partial charge in [0.05, 0.1) is 5.75 Å². The third-order valence-corrected chi connectivity index (χ3v) is 4.59. The van der Waals surface area contributed by atoms with E-state index in [0.29, 0.717) is 19.0 Å². The van der Waals surface area contributed by atoms with Crippen LogP contribution >= 0.6 is 0 Å². The summed E-state index contributed by atoms with van der Waals surface area (Å²) >= 11 is 0. The fourth-order valence-electron chi connectivity index (χ4n) is 2.00. The molecule has 2 rings (SSSR count). The average molecular weight is 355 g/mol. The fourth-order valence-corrected chi connectivity index (χ4v) is 3.20. The van der Waals surface area contributed by atoms with Crippen LogP contribution in [0.2, 0.25) is 0 Å². The van der Waals surface area contributed by atoms with Crippen LogP contribution in [-0.2, 0) is 15.8 Å². The summed E-state index contributed by atoms with van der Waals surface area (Å²) in [6, 6.07) is 6.61. The van der Waals surface area contributed by atoms with Gasteiger partial charge in [0.15, 0.2) is 0 Å². The van der Waals surface area contributed by atoms with Gasteiger partial charge in [-0.3, -0.25) is 0 Å². The van der Waals surface area contributed by atoms with Crippen molar-refractivity contribution < 1.29 is 17.2 Å². The smallest absolute Gasteiger partial charge is 0.215 e. The normalized spacial score (nSPS) is 11.5. The molecule has 1 aromatic heterocycles. The number of halogens is 2. The van der Waals surface area contributed by atoms with E-state index in [1.165, 1.54) is 0 Å². The topological polar surface area (TPSA) is 71.1 Å². The van der Waals surface area contributed by atoms with Crippen molar-refractivity contribution in [3.8, 4) is 0 Å². The Bertz CT molecular complexity index is 780. The molecule has 8 heteroatoms. The Morgan fingerprint density at radius 3 is 2.58 bits per heavy atom. The average Bonchev–Trinajstić information content (AvgIpc) is 2.51. The highest BCUT2D eigenvalue weighted by Gasteiger charge is 2.14. The number of nitrogens with zero attached hydrogens (tertiary/aromatic N) is 1. The lowest BCUT2D eigenvalue weighted by Crippen LogP contribution is -2.27. The van der Waals surface area contributed by atoms with Crippen molar-refractivity contribution in [2.45, 2.75) is 19.1 Å². The summed E-state index contributed by atoms with van der Waals surface area (Å²) < 4.78 is 52.5. The summed E-state index contributed by atoms with van der Waals surface area (Å²) in [5, 5.41) is 3.08. The molecule has 0 saturated heterocycles. The summed E-state index contributed by atoms with van der Waals surface area (Å²) in [6.07, 6.45) is 2.28. The maximum atomic E-state index is 13.5. The van der Waals surface area contributed by atoms with Crippen LogP contribution in [-0.4, -0.2) is 26.5 Å². The van der Waals surface area contributed by atoms with Gasteiger partial charge in [-0.2, -0.15) is 0 Å². The second kappa shape index (κ2) is 8.16. The fraction of sp³-hybridized carbons (Fsp3) is 0.312. The van der Waals surface area contributed by atoms with Crippen molar-refractivity contribution >= 4 is 15.8 Å². The molecule has 0 unspecified atom stereocenters. The highest BCUT2D eigenvalue weighted by molar-refractivity contribution is 7.88. The number of nitrogens with one attached hydrogen (secondary N) is 2. The van der Waals surface area contributed by atoms with E-state index in [2.05, 4.69) is 15.0 Å². The van der Waals surface area contributed by atoms with Gasteiger partial charge in [0, 0.05) is 30.9 Å². The lowest BCUT2D eigenvalue weighted by atomic mass is 10.2. The Balaban J connectivity index is 1.75. The van der Waals surface area contributed by atoms with Gasteiger partial charge in [0.25, 0.3) is 0 Å². The first-order valence-corrected chi connectivity index (χ1v) is 9.09. The maximum absolute atomic E-state index is 13.5. The quantitative estimate of drug-likeness (QED) is 0.714. The Morgan fingerprint density at radius 2 is 1.92 bits per heavy atom. The highest BCUT2D eigenvalue weighted by Crippen LogP contribution is 2.12. The molecule has 2 N–H and O–H groups in total. The molecule has 0 saturated carbocycles. The molecule has 0 aliphatic carbocycles. The van der Waals surface area contributed by atoms with E-state index >= 15 is 0 Å². The molecular formula is C16H19F2N3O2S. The maximum Gasteiger partial charge on any atom is 0.215 e. The molecule has 5 nitrogen and oxygen atoms in total. The molecule has 0 atom stereocenters. The molecule has 0 aliphatic heterocycles. The summed E-state index contributed by atoms with van der Waals surface area (Å²) in [5.74, 6) is -1.41. The minimum Gasteiger partial charge on any atom is -0.370 e. The van der Waals surface area contributed by atoms with E-state index in [-0.39, 0.29) is 12.1 Å². The number of pyridine rings is 1. The van der Waals surface area contributed by atoms with E-state index in [4.69, 9.17) is 0 Å². The number of anilines is 1. The number of aryl methyl sites for hydroxylation is 1. The molecule has 0 spiro atoms. The molecule has 0 aliphatic rings. The van der Waals surface area contributed by atoms with E-state index < -0.39 is 27.4 Å². The van der Waals surface area contributed by atoms with E-state index in [9.17, 15) is 17.2 Å². The molecule has 24 heavy (non-hydrogen) atoms. The Labute approximate surface area is 140 Å². The first-order valence-electron chi connectivity index (χ1n) is 7.43. The molecule has 1 heterocycles. The predicted octanol–water partition coefficient (Wildman–Crippen LogP) is 2.59. The summed E-state index contributed by atoms with van der Waals surface area (Å²) in [4.78, 5) is 4.18. The van der Waals surface area contributed by atoms with Gasteiger partial charge in [0.2, 0.25) is 10.0 Å². The van der Waals surface area contributed by atoms with Crippen LogP contribution in [0.3, 0.4) is 0 Å². The van der Waals surface area contributed by atoms with Crippen molar-refractivity contribution in [3.05, 3.63) is 59.3 Å². The van der Waals surface area contributed by atoms with Gasteiger partial charge in [-0.15, -0.1) is 0 Å². The highest BCUT2D eigenvalue weighted by atomic mass is 32.2. The van der Waals surface area contributed by atoms with Crippen LogP contribution in [0, 0.1) is 18.6 Å². The number of benzene rings is 1. The van der Waals surface area contributed by atoms with E-state index in [0.717, 1.165) is 23.5 Å². The summed E-state index contributed by atoms with van der Waals surface area (Å²) in [6.45, 7) is 2.70. The standard InChI is InChI=1S/C16H19F2N3O2S/c1-12-3-6-16(20-10-12)19-7-2-8-21-24(22,23)11-13-4-5-14(17)9-15(13)18/h3-6,9-10,21H,2,7-8,11H2,1H3,(H,19,20). The van der Waals surface area contributed by atoms with Gasteiger partial charge in [-0.05, 0) is 31.0 Å². The number of hydrogen-bond donors (Lipinski definition) is 2. The minimum atomic E-state index is -3.68. The van der Waals surface area contributed by atoms with Crippen LogP contribution in [0.5, 0.6) is 0 Å². The first kappa shape index (κ1) is 18.3. The summed E-state index contributed by atoms with van der Waals surface area (Å²) in [5.41, 5.74) is 0.993. The predicted molar refractivity (Wildman–Crippen MR) is 89.1 cm³/mol. The Morgan fingerprint density at radius 1 is 1.12 bits per heavy atom. The van der Waals surface area contributed by atoms with Gasteiger partial charge in [-0.25, -0.2) is 26.9 Å². The van der Waals surface area contributed by atoms with Crippen LogP contribution in [0.1, 0.15) is 17.5 Å². The monoisotopic (exact) mass is 355 g/mol. The second-order valence-electron chi connectivity index (χ2n) is 5.39. The van der Waals surface area contributed by atoms with Crippen molar-refractivity contribution in [2.75, 3.05) is 18.4 Å². The van der Waals surface area contributed by atoms with Crippen molar-refractivity contribution in [3.63, 3.8) is 0 Å². The van der Waals surface area contributed by atoms with Crippen LogP contribution in [0.25, 0.3) is 0 Å². The lowest BCUT2D eigenvalue weighted by Gasteiger charge is -2.09. The van der Waals surface area contributed by atoms with Crippen molar-refractivity contribution in [1.82, 2.24) is 9.71 Å². The molecule has 2 aromatic rings. The van der Waals surface area contributed by atoms with Gasteiger partial charge in [0.1, 0.15) is 17.5 Å². The van der Waals surface area contributed by atoms with Crippen LogP contribution in [0.15, 0.2) is 36.5 Å². The van der Waals surface area contributed by atoms with Crippen molar-refractivity contribution in [2.24, 2.45) is 0 Å². The Hall–Kier alpha value is -2.06. The zero-order valence-electron chi connectivity index (χ0n) is 13.2. The number of hydrogen-bond acceptors (Lipinski definition) is 4. The molecule has 0 radical (unpaired) electrons. The summed E-state index contributed by atoms with van der Waals surface area (Å²) in [7, 11) is -3.68. The largest absolute Gasteiger partial charge is 0.370 e. The van der Waals surface area contributed by atoms with Gasteiger partial charge >= 0.3 is 0 Å². The number of aromatic nitrogens is 1. The lowest BCUT2D eigenvalue weighted by molar-refractivity contribution is 0.563. The molecular weight excluding hydrogens is 336 g/mol. The van der Waals surface area contributed by atoms with E-state index in [1.54, 1.807) is 6.20 Å². The van der Waals surface area contributed by atoms with Crippen LogP contribution < -0.4 is 10.0 Å². The molecule has 0 fully saturated rings. The third-order valence-electron chi connectivity index (χ3n) is 3.25. The molecule has 0 amide bonds. The zero-order valence-corrected chi connectivity index (χ0v) is 14.0. The molecule has 0 bridgehead atoms. The number of sulfonamides is 1. The number of rotatable bonds is 8. The first-order chi connectivity index (χ1) is 11.4. The van der Waals surface area contributed by atoms with Crippen molar-refractivity contribution in [1.29, 1.82) is 0 Å². The Kier molecular flexibility index (Phi) is 6.22. The third kappa shape index (κ3) is 5.86. The SMILES string of the molecule is Cc1ccc(NCCCNS(=O)(=O)Cc2ccc(F)cc2F)nc1. The zero-order chi connectivity index (χ0) is 17.6. The van der Waals surface area contributed by atoms with E-state index in [1.807, 2.05) is 19.1 Å². The molecule has 130 valence electrons. The molecule has 1 aromatic carbocycles. The van der Waals surface area contributed by atoms with Gasteiger partial charge in [-0.1, -0.05) is 12.1 Å².